The third kappa shape index (κ3) is 2.90. The molecule has 2 saturated carbocycles. The van der Waals surface area contributed by atoms with Crippen molar-refractivity contribution in [1.29, 1.82) is 0 Å². The normalized spacial score (nSPS) is 19.0. The molecule has 128 valence electrons. The maximum absolute atomic E-state index is 12.7. The van der Waals surface area contributed by atoms with Gasteiger partial charge in [-0.3, -0.25) is 4.79 Å². The Morgan fingerprint density at radius 3 is 2.75 bits per heavy atom. The number of hydrogen-bond donors (Lipinski definition) is 2. The number of hydrogen-bond acceptors (Lipinski definition) is 4. The third-order valence-corrected chi connectivity index (χ3v) is 5.04. The molecule has 2 fully saturated rings. The van der Waals surface area contributed by atoms with Gasteiger partial charge in [-0.05, 0) is 51.5 Å². The molecule has 2 aliphatic carbocycles. The van der Waals surface area contributed by atoms with Crippen molar-refractivity contribution in [2.75, 3.05) is 6.54 Å². The Morgan fingerprint density at radius 2 is 2.12 bits per heavy atom. The number of rotatable bonds is 6. The van der Waals surface area contributed by atoms with Crippen LogP contribution in [0.15, 0.2) is 12.3 Å². The largest absolute Gasteiger partial charge is 0.350 e. The summed E-state index contributed by atoms with van der Waals surface area (Å²) in [6.07, 6.45) is 6.44. The average Bonchev–Trinajstić information content (AvgIpc) is 3.46. The zero-order valence-corrected chi connectivity index (χ0v) is 14.3. The number of nitrogens with zero attached hydrogens (tertiary/aromatic N) is 3. The summed E-state index contributed by atoms with van der Waals surface area (Å²) in [5, 5.41) is 8.27. The van der Waals surface area contributed by atoms with Crippen molar-refractivity contribution in [2.45, 2.75) is 57.5 Å². The lowest BCUT2D eigenvalue weighted by Gasteiger charge is -2.13. The van der Waals surface area contributed by atoms with Crippen LogP contribution < -0.4 is 11.1 Å². The maximum Gasteiger partial charge on any atom is 0.252 e. The molecule has 24 heavy (non-hydrogen) atoms. The Hall–Kier alpha value is -1.95. The van der Waals surface area contributed by atoms with E-state index in [1.54, 1.807) is 6.20 Å². The number of pyridine rings is 1. The number of carbonyl (C=O) groups is 1. The van der Waals surface area contributed by atoms with Gasteiger partial charge in [0.15, 0.2) is 5.65 Å². The van der Waals surface area contributed by atoms with Crippen molar-refractivity contribution in [2.24, 2.45) is 11.7 Å². The van der Waals surface area contributed by atoms with E-state index in [0.29, 0.717) is 23.9 Å². The highest BCUT2D eigenvalue weighted by atomic mass is 16.1. The van der Waals surface area contributed by atoms with Crippen LogP contribution in [0.5, 0.6) is 0 Å². The summed E-state index contributed by atoms with van der Waals surface area (Å²) in [5.74, 6) is 1.00. The lowest BCUT2D eigenvalue weighted by Crippen LogP contribution is -2.38. The SMILES string of the molecule is CC(C)n1ncc2c(C(=O)NCC(N)C3CC3)cc(C3CC3)nc21. The van der Waals surface area contributed by atoms with E-state index in [2.05, 4.69) is 24.3 Å². The van der Waals surface area contributed by atoms with Gasteiger partial charge in [0.05, 0.1) is 17.1 Å². The highest BCUT2D eigenvalue weighted by Crippen LogP contribution is 2.40. The molecule has 4 rings (SSSR count). The fourth-order valence-electron chi connectivity index (χ4n) is 3.19. The molecule has 1 amide bonds. The minimum Gasteiger partial charge on any atom is -0.350 e. The molecule has 2 aromatic rings. The van der Waals surface area contributed by atoms with E-state index >= 15 is 0 Å². The van der Waals surface area contributed by atoms with Gasteiger partial charge < -0.3 is 11.1 Å². The fourth-order valence-corrected chi connectivity index (χ4v) is 3.19. The van der Waals surface area contributed by atoms with E-state index in [0.717, 1.165) is 29.6 Å². The summed E-state index contributed by atoms with van der Waals surface area (Å²) < 4.78 is 1.90. The molecule has 2 heterocycles. The predicted molar refractivity (Wildman–Crippen MR) is 92.9 cm³/mol. The molecule has 0 aliphatic heterocycles. The molecular weight excluding hydrogens is 302 g/mol. The zero-order chi connectivity index (χ0) is 16.8. The molecule has 3 N–H and O–H groups in total. The van der Waals surface area contributed by atoms with E-state index < -0.39 is 0 Å². The van der Waals surface area contributed by atoms with Gasteiger partial charge >= 0.3 is 0 Å². The summed E-state index contributed by atoms with van der Waals surface area (Å²) in [6.45, 7) is 4.68. The molecule has 2 aliphatic rings. The van der Waals surface area contributed by atoms with E-state index in [9.17, 15) is 4.79 Å². The molecule has 1 unspecified atom stereocenters. The van der Waals surface area contributed by atoms with Gasteiger partial charge in [-0.15, -0.1) is 0 Å². The van der Waals surface area contributed by atoms with Crippen molar-refractivity contribution in [3.63, 3.8) is 0 Å². The van der Waals surface area contributed by atoms with Crippen molar-refractivity contribution >= 4 is 16.9 Å². The Morgan fingerprint density at radius 1 is 1.38 bits per heavy atom. The van der Waals surface area contributed by atoms with E-state index in [1.807, 2.05) is 10.7 Å². The number of amides is 1. The first-order chi connectivity index (χ1) is 11.5. The Balaban J connectivity index is 1.66. The molecular formula is C18H25N5O. The molecule has 0 radical (unpaired) electrons. The lowest BCUT2D eigenvalue weighted by molar-refractivity contribution is 0.0951. The van der Waals surface area contributed by atoms with Gasteiger partial charge in [0.2, 0.25) is 0 Å². The van der Waals surface area contributed by atoms with Crippen molar-refractivity contribution in [3.8, 4) is 0 Å². The van der Waals surface area contributed by atoms with Crippen LogP contribution in [-0.4, -0.2) is 33.3 Å². The Kier molecular flexibility index (Phi) is 3.79. The third-order valence-electron chi connectivity index (χ3n) is 5.04. The second-order valence-corrected chi connectivity index (χ2v) is 7.50. The van der Waals surface area contributed by atoms with Gasteiger partial charge in [-0.25, -0.2) is 9.67 Å². The molecule has 2 aromatic heterocycles. The number of aromatic nitrogens is 3. The first-order valence-corrected chi connectivity index (χ1v) is 8.96. The predicted octanol–water partition coefficient (Wildman–Crippen LogP) is 2.36. The Bertz CT molecular complexity index is 773. The fraction of sp³-hybridized carbons (Fsp3) is 0.611. The number of carbonyl (C=O) groups excluding carboxylic acids is 1. The van der Waals surface area contributed by atoms with Crippen LogP contribution in [0.1, 0.15) is 67.5 Å². The van der Waals surface area contributed by atoms with E-state index in [-0.39, 0.29) is 18.0 Å². The number of nitrogens with one attached hydrogen (secondary N) is 1. The quantitative estimate of drug-likeness (QED) is 0.853. The van der Waals surface area contributed by atoms with Gasteiger partial charge in [-0.2, -0.15) is 5.10 Å². The van der Waals surface area contributed by atoms with Crippen LogP contribution in [0.4, 0.5) is 0 Å². The smallest absolute Gasteiger partial charge is 0.252 e. The van der Waals surface area contributed by atoms with Crippen LogP contribution in [0.25, 0.3) is 11.0 Å². The molecule has 0 bridgehead atoms. The Labute approximate surface area is 141 Å². The minimum atomic E-state index is -0.0660. The summed E-state index contributed by atoms with van der Waals surface area (Å²) in [7, 11) is 0. The lowest BCUT2D eigenvalue weighted by atomic mass is 10.1. The monoisotopic (exact) mass is 327 g/mol. The molecule has 6 nitrogen and oxygen atoms in total. The summed E-state index contributed by atoms with van der Waals surface area (Å²) in [4.78, 5) is 17.5. The molecule has 0 saturated heterocycles. The van der Waals surface area contributed by atoms with Gasteiger partial charge in [0, 0.05) is 30.2 Å². The summed E-state index contributed by atoms with van der Waals surface area (Å²) >= 11 is 0. The summed E-state index contributed by atoms with van der Waals surface area (Å²) in [6, 6.07) is 2.22. The second-order valence-electron chi connectivity index (χ2n) is 7.50. The van der Waals surface area contributed by atoms with Crippen molar-refractivity contribution in [3.05, 3.63) is 23.5 Å². The van der Waals surface area contributed by atoms with Gasteiger partial charge in [-0.1, -0.05) is 0 Å². The van der Waals surface area contributed by atoms with Crippen LogP contribution in [0.3, 0.4) is 0 Å². The average molecular weight is 327 g/mol. The van der Waals surface area contributed by atoms with Crippen molar-refractivity contribution < 1.29 is 4.79 Å². The summed E-state index contributed by atoms with van der Waals surface area (Å²) in [5.41, 5.74) is 8.61. The number of nitrogens with two attached hydrogens (primary N) is 1. The van der Waals surface area contributed by atoms with E-state index in [1.165, 1.54) is 12.8 Å². The molecule has 6 heteroatoms. The van der Waals surface area contributed by atoms with Crippen LogP contribution in [-0.2, 0) is 0 Å². The second kappa shape index (κ2) is 5.84. The molecule has 0 aromatic carbocycles. The van der Waals surface area contributed by atoms with E-state index in [4.69, 9.17) is 10.7 Å². The topological polar surface area (TPSA) is 85.8 Å². The first kappa shape index (κ1) is 15.6. The maximum atomic E-state index is 12.7. The van der Waals surface area contributed by atoms with Gasteiger partial charge in [0.25, 0.3) is 5.91 Å². The molecule has 0 spiro atoms. The van der Waals surface area contributed by atoms with Crippen LogP contribution in [0, 0.1) is 5.92 Å². The van der Waals surface area contributed by atoms with Gasteiger partial charge in [0.1, 0.15) is 0 Å². The minimum absolute atomic E-state index is 0.0626. The molecule has 1 atom stereocenters. The standard InChI is InChI=1S/C18H25N5O/c1-10(2)23-17-14(8-21-23)13(7-16(22-17)12-5-6-12)18(24)20-9-15(19)11-3-4-11/h7-8,10-12,15H,3-6,9,19H2,1-2H3,(H,20,24). The zero-order valence-electron chi connectivity index (χ0n) is 14.3. The van der Waals surface area contributed by atoms with Crippen LogP contribution in [0.2, 0.25) is 0 Å². The highest BCUT2D eigenvalue weighted by molar-refractivity contribution is 6.05. The highest BCUT2D eigenvalue weighted by Gasteiger charge is 2.30. The van der Waals surface area contributed by atoms with Crippen molar-refractivity contribution in [1.82, 2.24) is 20.1 Å². The number of fused-ring (bicyclic) bond motifs is 1. The van der Waals surface area contributed by atoms with Crippen LogP contribution >= 0.6 is 0 Å². The first-order valence-electron chi connectivity index (χ1n) is 8.96.